The molecule has 0 unspecified atom stereocenters. The zero-order valence-corrected chi connectivity index (χ0v) is 13.0. The van der Waals surface area contributed by atoms with Gasteiger partial charge in [-0.05, 0) is 26.2 Å². The van der Waals surface area contributed by atoms with Gasteiger partial charge in [0.05, 0.1) is 17.1 Å². The molecular formula is C10H5ClINO5S. The molecule has 1 aromatic carbocycles. The Morgan fingerprint density at radius 3 is 2.79 bits per heavy atom. The number of carbonyl (C=O) groups excluding carboxylic acids is 1. The lowest BCUT2D eigenvalue weighted by molar-refractivity contribution is -0.386. The van der Waals surface area contributed by atoms with E-state index in [4.69, 9.17) is 11.6 Å². The van der Waals surface area contributed by atoms with Gasteiger partial charge < -0.3 is 9.84 Å². The van der Waals surface area contributed by atoms with E-state index in [1.165, 1.54) is 0 Å². The van der Waals surface area contributed by atoms with Crippen LogP contribution in [0.25, 0.3) is 0 Å². The Hall–Kier alpha value is -1.18. The number of carbonyl (C=O) groups is 1. The van der Waals surface area contributed by atoms with Crippen LogP contribution < -0.4 is 0 Å². The van der Waals surface area contributed by atoms with Crippen molar-refractivity contribution in [2.24, 2.45) is 0 Å². The van der Waals surface area contributed by atoms with E-state index in [1.807, 2.05) is 21.2 Å². The summed E-state index contributed by atoms with van der Waals surface area (Å²) in [5.74, 6) is 0.716. The molecule has 0 aromatic heterocycles. The number of nitrogens with zero attached hydrogens (tertiary/aromatic N) is 1. The van der Waals surface area contributed by atoms with Crippen LogP contribution in [-0.4, -0.2) is 23.1 Å². The summed E-state index contributed by atoms with van der Waals surface area (Å²) in [5, 5.41) is 23.2. The minimum atomic E-state index is -0.926. The van der Waals surface area contributed by atoms with E-state index in [1.54, 1.807) is 0 Å². The lowest BCUT2D eigenvalue weighted by atomic mass is 10.1. The summed E-state index contributed by atoms with van der Waals surface area (Å²) >= 11 is 7.73. The highest BCUT2D eigenvalue weighted by atomic mass is 127. The molecule has 0 spiro atoms. The fraction of sp³-hybridized carbons (Fsp3) is 0.100. The van der Waals surface area contributed by atoms with E-state index in [0.29, 0.717) is 0 Å². The molecule has 19 heavy (non-hydrogen) atoms. The number of esters is 1. The monoisotopic (exact) mass is 413 g/mol. The second-order valence-electron chi connectivity index (χ2n) is 3.03. The first kappa shape index (κ1) is 15.9. The molecule has 100 valence electrons. The van der Waals surface area contributed by atoms with Gasteiger partial charge in [0.25, 0.3) is 0 Å². The maximum absolute atomic E-state index is 11.4. The van der Waals surface area contributed by atoms with E-state index in [-0.39, 0.29) is 16.1 Å². The van der Waals surface area contributed by atoms with Crippen LogP contribution in [0.5, 0.6) is 5.75 Å². The van der Waals surface area contributed by atoms with Gasteiger partial charge in [0.15, 0.2) is 0 Å². The van der Waals surface area contributed by atoms with Crippen molar-refractivity contribution in [3.8, 4) is 16.9 Å². The van der Waals surface area contributed by atoms with Gasteiger partial charge in [-0.1, -0.05) is 11.6 Å². The Kier molecular flexibility index (Phi) is 5.71. The summed E-state index contributed by atoms with van der Waals surface area (Å²) in [7, 11) is 2.19. The molecule has 0 radical (unpaired) electrons. The number of halogens is 2. The van der Waals surface area contributed by atoms with Crippen molar-refractivity contribution in [1.82, 2.24) is 0 Å². The summed E-state index contributed by atoms with van der Waals surface area (Å²) in [6, 6.07) is 1.08. The Labute approximate surface area is 129 Å². The summed E-state index contributed by atoms with van der Waals surface area (Å²) in [6.07, 6.45) is 0. The minimum absolute atomic E-state index is 0.108. The van der Waals surface area contributed by atoms with Crippen LogP contribution in [0, 0.1) is 21.3 Å². The van der Waals surface area contributed by atoms with E-state index >= 15 is 0 Å². The number of benzene rings is 1. The van der Waals surface area contributed by atoms with Gasteiger partial charge in [-0.2, -0.15) is 0 Å². The molecule has 0 saturated heterocycles. The maximum Gasteiger partial charge on any atom is 0.341 e. The Bertz CT molecular complexity index is 610. The molecular weight excluding hydrogens is 409 g/mol. The standard InChI is InChI=1S/C10H5ClINO5S/c1-18-10(15)6-4-7(11)5(2-3-19-12)8(9(6)14)13(16)17/h4,14H,1H3. The van der Waals surface area contributed by atoms with Crippen molar-refractivity contribution in [2.45, 2.75) is 0 Å². The molecule has 9 heteroatoms. The number of nitro groups is 1. The van der Waals surface area contributed by atoms with Gasteiger partial charge in [-0.25, -0.2) is 4.79 Å². The molecule has 0 amide bonds. The van der Waals surface area contributed by atoms with Gasteiger partial charge in [0.1, 0.15) is 11.1 Å². The Morgan fingerprint density at radius 2 is 2.32 bits per heavy atom. The van der Waals surface area contributed by atoms with Crippen molar-refractivity contribution in [3.05, 3.63) is 32.3 Å². The summed E-state index contributed by atoms with van der Waals surface area (Å²) in [4.78, 5) is 21.5. The van der Waals surface area contributed by atoms with Crippen LogP contribution in [0.2, 0.25) is 5.02 Å². The largest absolute Gasteiger partial charge is 0.501 e. The third-order valence-corrected chi connectivity index (χ3v) is 3.17. The van der Waals surface area contributed by atoms with Crippen molar-refractivity contribution in [3.63, 3.8) is 0 Å². The molecule has 0 aliphatic carbocycles. The van der Waals surface area contributed by atoms with E-state index in [9.17, 15) is 20.0 Å². The van der Waals surface area contributed by atoms with Gasteiger partial charge in [0, 0.05) is 21.2 Å². The predicted molar refractivity (Wildman–Crippen MR) is 79.6 cm³/mol. The third kappa shape index (κ3) is 3.43. The van der Waals surface area contributed by atoms with Crippen molar-refractivity contribution in [2.75, 3.05) is 7.11 Å². The summed E-state index contributed by atoms with van der Waals surface area (Å²) in [6.45, 7) is 0. The molecule has 1 rings (SSSR count). The first-order chi connectivity index (χ1) is 8.93. The van der Waals surface area contributed by atoms with Crippen LogP contribution in [0.15, 0.2) is 6.07 Å². The molecule has 0 fully saturated rings. The minimum Gasteiger partial charge on any atom is -0.501 e. The van der Waals surface area contributed by atoms with Gasteiger partial charge in [-0.3, -0.25) is 10.1 Å². The molecule has 0 bridgehead atoms. The van der Waals surface area contributed by atoms with Crippen molar-refractivity contribution < 1.29 is 19.6 Å². The predicted octanol–water partition coefficient (Wildman–Crippen LogP) is 3.13. The Morgan fingerprint density at radius 1 is 1.68 bits per heavy atom. The average molecular weight is 414 g/mol. The van der Waals surface area contributed by atoms with Crippen LogP contribution in [0.3, 0.4) is 0 Å². The Balaban J connectivity index is 3.65. The quantitative estimate of drug-likeness (QED) is 0.263. The van der Waals surface area contributed by atoms with E-state index in [0.717, 1.165) is 22.1 Å². The highest BCUT2D eigenvalue weighted by Gasteiger charge is 2.28. The number of ether oxygens (including phenoxy) is 1. The van der Waals surface area contributed by atoms with Crippen LogP contribution in [0.4, 0.5) is 5.69 Å². The van der Waals surface area contributed by atoms with Gasteiger partial charge in [0.2, 0.25) is 5.75 Å². The molecule has 0 aliphatic heterocycles. The number of aromatic hydroxyl groups is 1. The second-order valence-corrected chi connectivity index (χ2v) is 5.12. The molecule has 0 heterocycles. The molecule has 0 atom stereocenters. The van der Waals surface area contributed by atoms with Gasteiger partial charge >= 0.3 is 11.7 Å². The molecule has 1 aromatic rings. The molecule has 6 nitrogen and oxygen atoms in total. The lowest BCUT2D eigenvalue weighted by Crippen LogP contribution is -2.05. The lowest BCUT2D eigenvalue weighted by Gasteiger charge is -2.06. The number of methoxy groups -OCH3 is 1. The topological polar surface area (TPSA) is 89.7 Å². The van der Waals surface area contributed by atoms with Gasteiger partial charge in [-0.15, -0.1) is 0 Å². The van der Waals surface area contributed by atoms with Crippen molar-refractivity contribution >= 4 is 53.4 Å². The highest BCUT2D eigenvalue weighted by Crippen LogP contribution is 2.38. The third-order valence-electron chi connectivity index (χ3n) is 2.03. The zero-order valence-electron chi connectivity index (χ0n) is 9.27. The fourth-order valence-electron chi connectivity index (χ4n) is 1.26. The fourth-order valence-corrected chi connectivity index (χ4v) is 1.98. The SMILES string of the molecule is COC(=O)c1cc(Cl)c(C#CSI)c([N+](=O)[O-])c1O. The van der Waals surface area contributed by atoms with Crippen molar-refractivity contribution in [1.29, 1.82) is 0 Å². The van der Waals surface area contributed by atoms with E-state index in [2.05, 4.69) is 15.9 Å². The summed E-state index contributed by atoms with van der Waals surface area (Å²) < 4.78 is 4.41. The number of hydrogen-bond donors (Lipinski definition) is 1. The average Bonchev–Trinajstić information content (AvgIpc) is 2.37. The first-order valence-corrected chi connectivity index (χ1v) is 8.24. The molecule has 1 N–H and O–H groups in total. The number of nitro benzene ring substituents is 1. The highest BCUT2D eigenvalue weighted by molar-refractivity contribution is 14.2. The van der Waals surface area contributed by atoms with Crippen LogP contribution in [-0.2, 0) is 4.74 Å². The molecule has 0 saturated carbocycles. The second kappa shape index (κ2) is 6.83. The molecule has 0 aliphatic rings. The number of phenols is 1. The normalized spacial score (nSPS) is 9.42. The van der Waals surface area contributed by atoms with E-state index < -0.39 is 22.3 Å². The number of phenolic OH excluding ortho intramolecular Hbond substituents is 1. The summed E-state index contributed by atoms with van der Waals surface area (Å²) in [5.41, 5.74) is -1.25. The van der Waals surface area contributed by atoms with Crippen LogP contribution >= 0.6 is 41.7 Å². The number of rotatable bonds is 2. The smallest absolute Gasteiger partial charge is 0.341 e. The maximum atomic E-state index is 11.4. The zero-order chi connectivity index (χ0) is 14.6. The first-order valence-electron chi connectivity index (χ1n) is 4.50. The number of hydrogen-bond acceptors (Lipinski definition) is 6. The van der Waals surface area contributed by atoms with Crippen LogP contribution in [0.1, 0.15) is 15.9 Å².